The summed E-state index contributed by atoms with van der Waals surface area (Å²) in [7, 11) is 0. The van der Waals surface area contributed by atoms with Gasteiger partial charge in [0.2, 0.25) is 5.82 Å². The fourth-order valence-electron chi connectivity index (χ4n) is 1.81. The molecule has 1 rings (SSSR count). The van der Waals surface area contributed by atoms with Crippen molar-refractivity contribution in [2.45, 2.75) is 33.2 Å². The van der Waals surface area contributed by atoms with Crippen LogP contribution in [-0.4, -0.2) is 33.6 Å². The Morgan fingerprint density at radius 1 is 1.58 bits per heavy atom. The van der Waals surface area contributed by atoms with Gasteiger partial charge in [-0.2, -0.15) is 0 Å². The molecule has 0 amide bonds. The lowest BCUT2D eigenvalue weighted by molar-refractivity contribution is -0.384. The van der Waals surface area contributed by atoms with E-state index in [-0.39, 0.29) is 23.1 Å². The number of hydrogen-bond acceptors (Lipinski definition) is 5. The third-order valence-corrected chi connectivity index (χ3v) is 3.03. The first-order valence-corrected chi connectivity index (χ1v) is 6.06. The van der Waals surface area contributed by atoms with Crippen LogP contribution in [0.4, 0.5) is 11.5 Å². The second-order valence-electron chi connectivity index (χ2n) is 4.17. The first-order chi connectivity index (χ1) is 8.92. The lowest BCUT2D eigenvalue weighted by Crippen LogP contribution is -2.33. The van der Waals surface area contributed by atoms with Gasteiger partial charge in [-0.05, 0) is 20.3 Å². The van der Waals surface area contributed by atoms with Gasteiger partial charge < -0.3 is 10.0 Å². The molecule has 0 spiro atoms. The predicted molar refractivity (Wildman–Crippen MR) is 70.6 cm³/mol. The molecule has 0 radical (unpaired) electrons. The van der Waals surface area contributed by atoms with Crippen molar-refractivity contribution in [3.05, 3.63) is 27.9 Å². The number of pyridine rings is 1. The van der Waals surface area contributed by atoms with E-state index in [2.05, 4.69) is 4.98 Å². The number of hydrogen-bond donors (Lipinski definition) is 1. The largest absolute Gasteiger partial charge is 0.478 e. The zero-order valence-electron chi connectivity index (χ0n) is 11.2. The van der Waals surface area contributed by atoms with Crippen molar-refractivity contribution in [1.82, 2.24) is 4.98 Å². The van der Waals surface area contributed by atoms with E-state index in [1.165, 1.54) is 0 Å². The first-order valence-electron chi connectivity index (χ1n) is 6.06. The van der Waals surface area contributed by atoms with Crippen LogP contribution in [0.5, 0.6) is 0 Å². The summed E-state index contributed by atoms with van der Waals surface area (Å²) in [5, 5.41) is 19.9. The number of aromatic carboxylic acids is 1. The monoisotopic (exact) mass is 267 g/mol. The van der Waals surface area contributed by atoms with Crippen LogP contribution >= 0.6 is 0 Å². The molecule has 1 heterocycles. The van der Waals surface area contributed by atoms with Gasteiger partial charge in [-0.3, -0.25) is 10.1 Å². The van der Waals surface area contributed by atoms with Crippen LogP contribution in [0, 0.1) is 10.1 Å². The maximum absolute atomic E-state index is 11.1. The molecule has 0 aliphatic rings. The predicted octanol–water partition coefficient (Wildman–Crippen LogP) is 2.31. The van der Waals surface area contributed by atoms with E-state index < -0.39 is 10.9 Å². The fraction of sp³-hybridized carbons (Fsp3) is 0.500. The van der Waals surface area contributed by atoms with Gasteiger partial charge in [0.05, 0.1) is 10.5 Å². The summed E-state index contributed by atoms with van der Waals surface area (Å²) < 4.78 is 0. The van der Waals surface area contributed by atoms with Gasteiger partial charge in [0, 0.05) is 24.8 Å². The van der Waals surface area contributed by atoms with Gasteiger partial charge in [0.1, 0.15) is 0 Å². The molecule has 7 nitrogen and oxygen atoms in total. The number of nitro groups is 1. The van der Waals surface area contributed by atoms with Gasteiger partial charge in [0.25, 0.3) is 0 Å². The SMILES string of the molecule is CCC(C)N(CC)c1ncc(C(=O)O)cc1[N+](=O)[O-]. The Labute approximate surface area is 111 Å². The molecule has 7 heteroatoms. The van der Waals surface area contributed by atoms with Crippen LogP contribution in [0.25, 0.3) is 0 Å². The second-order valence-corrected chi connectivity index (χ2v) is 4.17. The van der Waals surface area contributed by atoms with Crippen LogP contribution in [0.2, 0.25) is 0 Å². The van der Waals surface area contributed by atoms with E-state index in [1.807, 2.05) is 20.8 Å². The number of nitrogens with zero attached hydrogens (tertiary/aromatic N) is 3. The molecule has 0 aliphatic carbocycles. The highest BCUT2D eigenvalue weighted by molar-refractivity contribution is 5.88. The van der Waals surface area contributed by atoms with Gasteiger partial charge in [-0.15, -0.1) is 0 Å². The van der Waals surface area contributed by atoms with Crippen molar-refractivity contribution in [3.8, 4) is 0 Å². The molecule has 0 saturated heterocycles. The third kappa shape index (κ3) is 3.18. The summed E-state index contributed by atoms with van der Waals surface area (Å²) in [6.07, 6.45) is 1.96. The summed E-state index contributed by atoms with van der Waals surface area (Å²) in [6.45, 7) is 6.36. The Bertz CT molecular complexity index is 490. The van der Waals surface area contributed by atoms with Gasteiger partial charge in [-0.25, -0.2) is 9.78 Å². The molecule has 1 atom stereocenters. The molecule has 104 valence electrons. The normalized spacial score (nSPS) is 11.9. The molecule has 1 unspecified atom stereocenters. The third-order valence-electron chi connectivity index (χ3n) is 3.03. The topological polar surface area (TPSA) is 96.6 Å². The number of anilines is 1. The maximum Gasteiger partial charge on any atom is 0.337 e. The van der Waals surface area contributed by atoms with Crippen LogP contribution in [0.15, 0.2) is 12.3 Å². The average molecular weight is 267 g/mol. The Morgan fingerprint density at radius 3 is 2.63 bits per heavy atom. The number of rotatable bonds is 6. The summed E-state index contributed by atoms with van der Waals surface area (Å²) >= 11 is 0. The molecular weight excluding hydrogens is 250 g/mol. The molecule has 1 N–H and O–H groups in total. The van der Waals surface area contributed by atoms with Gasteiger partial charge >= 0.3 is 11.7 Å². The average Bonchev–Trinajstić information content (AvgIpc) is 2.39. The Hall–Kier alpha value is -2.18. The Morgan fingerprint density at radius 2 is 2.21 bits per heavy atom. The molecule has 0 fully saturated rings. The number of carboxylic acids is 1. The smallest absolute Gasteiger partial charge is 0.337 e. The fourth-order valence-corrected chi connectivity index (χ4v) is 1.81. The maximum atomic E-state index is 11.1. The van der Waals surface area contributed by atoms with Crippen LogP contribution in [0.1, 0.15) is 37.6 Å². The molecule has 0 aromatic carbocycles. The zero-order valence-corrected chi connectivity index (χ0v) is 11.2. The highest BCUT2D eigenvalue weighted by Crippen LogP contribution is 2.28. The lowest BCUT2D eigenvalue weighted by Gasteiger charge is -2.27. The zero-order chi connectivity index (χ0) is 14.6. The summed E-state index contributed by atoms with van der Waals surface area (Å²) in [6, 6.07) is 1.14. The number of carbonyl (C=O) groups is 1. The lowest BCUT2D eigenvalue weighted by atomic mass is 10.2. The summed E-state index contributed by atoms with van der Waals surface area (Å²) in [4.78, 5) is 27.1. The second kappa shape index (κ2) is 6.12. The molecule has 1 aromatic heterocycles. The minimum Gasteiger partial charge on any atom is -0.478 e. The quantitative estimate of drug-likeness (QED) is 0.627. The number of aromatic nitrogens is 1. The van der Waals surface area contributed by atoms with Crippen molar-refractivity contribution < 1.29 is 14.8 Å². The van der Waals surface area contributed by atoms with Crippen molar-refractivity contribution in [3.63, 3.8) is 0 Å². The van der Waals surface area contributed by atoms with E-state index in [0.29, 0.717) is 6.54 Å². The van der Waals surface area contributed by atoms with Crippen molar-refractivity contribution in [2.24, 2.45) is 0 Å². The minimum atomic E-state index is -1.23. The molecule has 0 saturated carbocycles. The van der Waals surface area contributed by atoms with Crippen LogP contribution < -0.4 is 4.90 Å². The van der Waals surface area contributed by atoms with Crippen LogP contribution in [0.3, 0.4) is 0 Å². The summed E-state index contributed by atoms with van der Waals surface area (Å²) in [5.41, 5.74) is -0.460. The van der Waals surface area contributed by atoms with E-state index in [1.54, 1.807) is 4.90 Å². The van der Waals surface area contributed by atoms with Gasteiger partial charge in [-0.1, -0.05) is 6.92 Å². The standard InChI is InChI=1S/C12H17N3O4/c1-4-8(3)14(5-2)11-10(15(18)19)6-9(7-13-11)12(16)17/h6-8H,4-5H2,1-3H3,(H,16,17). The minimum absolute atomic E-state index is 0.0897. The summed E-state index contributed by atoms with van der Waals surface area (Å²) in [5.74, 6) is -1.01. The van der Waals surface area contributed by atoms with Crippen LogP contribution in [-0.2, 0) is 0 Å². The Kier molecular flexibility index (Phi) is 4.80. The number of carboxylic acid groups (broad SMARTS) is 1. The highest BCUT2D eigenvalue weighted by Gasteiger charge is 2.25. The van der Waals surface area contributed by atoms with Crippen molar-refractivity contribution in [2.75, 3.05) is 11.4 Å². The highest BCUT2D eigenvalue weighted by atomic mass is 16.6. The van der Waals surface area contributed by atoms with E-state index in [4.69, 9.17) is 5.11 Å². The molecule has 1 aromatic rings. The first kappa shape index (κ1) is 14.9. The van der Waals surface area contributed by atoms with Crippen molar-refractivity contribution >= 4 is 17.5 Å². The van der Waals surface area contributed by atoms with E-state index in [9.17, 15) is 14.9 Å². The molecule has 0 aliphatic heterocycles. The van der Waals surface area contributed by atoms with E-state index in [0.717, 1.165) is 18.7 Å². The van der Waals surface area contributed by atoms with Gasteiger partial charge in [0.15, 0.2) is 0 Å². The Balaban J connectivity index is 3.33. The van der Waals surface area contributed by atoms with E-state index >= 15 is 0 Å². The molecule has 19 heavy (non-hydrogen) atoms. The molecule has 0 bridgehead atoms. The molecular formula is C12H17N3O4. The van der Waals surface area contributed by atoms with Crippen molar-refractivity contribution in [1.29, 1.82) is 0 Å².